The van der Waals surface area contributed by atoms with Crippen molar-refractivity contribution in [3.63, 3.8) is 0 Å². The SMILES string of the molecule is O=C(NNC(=S)NC1CCCC1)c1cc(F)ccc1Br. The maximum absolute atomic E-state index is 13.1. The zero-order valence-corrected chi connectivity index (χ0v) is 13.1. The normalized spacial score (nSPS) is 14.9. The number of carbonyl (C=O) groups is 1. The molecule has 0 heterocycles. The first-order valence-corrected chi connectivity index (χ1v) is 7.58. The molecule has 3 N–H and O–H groups in total. The molecule has 0 spiro atoms. The van der Waals surface area contributed by atoms with Gasteiger partial charge in [-0.1, -0.05) is 12.8 Å². The van der Waals surface area contributed by atoms with Crippen molar-refractivity contribution in [2.24, 2.45) is 0 Å². The van der Waals surface area contributed by atoms with Crippen LogP contribution in [0.15, 0.2) is 22.7 Å². The zero-order chi connectivity index (χ0) is 14.5. The number of halogens is 2. The molecule has 7 heteroatoms. The van der Waals surface area contributed by atoms with E-state index in [-0.39, 0.29) is 5.56 Å². The molecule has 2 rings (SSSR count). The summed E-state index contributed by atoms with van der Waals surface area (Å²) < 4.78 is 13.6. The van der Waals surface area contributed by atoms with Gasteiger partial charge in [-0.05, 0) is 59.2 Å². The molecule has 1 aromatic rings. The minimum atomic E-state index is -0.468. The van der Waals surface area contributed by atoms with Crippen LogP contribution in [0.3, 0.4) is 0 Å². The number of hydrazine groups is 1. The van der Waals surface area contributed by atoms with E-state index in [0.717, 1.165) is 18.9 Å². The minimum Gasteiger partial charge on any atom is -0.359 e. The molecule has 0 bridgehead atoms. The van der Waals surface area contributed by atoms with E-state index < -0.39 is 11.7 Å². The van der Waals surface area contributed by atoms with Crippen molar-refractivity contribution in [2.75, 3.05) is 0 Å². The highest BCUT2D eigenvalue weighted by molar-refractivity contribution is 9.10. The number of hydrogen-bond donors (Lipinski definition) is 3. The molecule has 0 radical (unpaired) electrons. The molecule has 1 aliphatic rings. The summed E-state index contributed by atoms with van der Waals surface area (Å²) in [6.07, 6.45) is 4.57. The van der Waals surface area contributed by atoms with Crippen molar-refractivity contribution in [2.45, 2.75) is 31.7 Å². The van der Waals surface area contributed by atoms with Gasteiger partial charge in [-0.3, -0.25) is 15.6 Å². The summed E-state index contributed by atoms with van der Waals surface area (Å²) in [6, 6.07) is 4.29. The molecule has 20 heavy (non-hydrogen) atoms. The molecule has 1 amide bonds. The standard InChI is InChI=1S/C13H15BrFN3OS/c14-11-6-5-8(15)7-10(11)12(19)17-18-13(20)16-9-3-1-2-4-9/h5-7,9H,1-4H2,(H,17,19)(H2,16,18,20). The smallest absolute Gasteiger partial charge is 0.270 e. The van der Waals surface area contributed by atoms with Gasteiger partial charge in [0.1, 0.15) is 5.82 Å². The average molecular weight is 360 g/mol. The lowest BCUT2D eigenvalue weighted by Gasteiger charge is -2.16. The largest absolute Gasteiger partial charge is 0.359 e. The highest BCUT2D eigenvalue weighted by Crippen LogP contribution is 2.18. The molecule has 108 valence electrons. The summed E-state index contributed by atoms with van der Waals surface area (Å²) >= 11 is 8.30. The molecule has 0 atom stereocenters. The molecule has 0 unspecified atom stereocenters. The van der Waals surface area contributed by atoms with E-state index in [4.69, 9.17) is 12.2 Å². The van der Waals surface area contributed by atoms with Gasteiger partial charge < -0.3 is 5.32 Å². The second-order valence-corrected chi connectivity index (χ2v) is 5.92. The van der Waals surface area contributed by atoms with Crippen molar-refractivity contribution in [3.8, 4) is 0 Å². The van der Waals surface area contributed by atoms with Gasteiger partial charge in [0.15, 0.2) is 5.11 Å². The van der Waals surface area contributed by atoms with Gasteiger partial charge >= 0.3 is 0 Å². The first kappa shape index (κ1) is 15.2. The van der Waals surface area contributed by atoms with Crippen LogP contribution in [-0.2, 0) is 0 Å². The van der Waals surface area contributed by atoms with Crippen LogP contribution in [0.5, 0.6) is 0 Å². The van der Waals surface area contributed by atoms with Crippen LogP contribution in [0.4, 0.5) is 4.39 Å². The number of hydrogen-bond acceptors (Lipinski definition) is 2. The third kappa shape index (κ3) is 4.14. The lowest BCUT2D eigenvalue weighted by Crippen LogP contribution is -2.49. The molecule has 0 aliphatic heterocycles. The lowest BCUT2D eigenvalue weighted by atomic mass is 10.2. The molecule has 1 aromatic carbocycles. The molecule has 0 saturated heterocycles. The average Bonchev–Trinajstić information content (AvgIpc) is 2.91. The fraction of sp³-hybridized carbons (Fsp3) is 0.385. The van der Waals surface area contributed by atoms with E-state index >= 15 is 0 Å². The molecule has 1 saturated carbocycles. The zero-order valence-electron chi connectivity index (χ0n) is 10.7. The first-order valence-electron chi connectivity index (χ1n) is 6.38. The Balaban J connectivity index is 1.85. The Bertz CT molecular complexity index is 520. The third-order valence-corrected chi connectivity index (χ3v) is 4.06. The molecule has 0 aromatic heterocycles. The Morgan fingerprint density at radius 2 is 2.00 bits per heavy atom. The van der Waals surface area contributed by atoms with Crippen LogP contribution in [0.25, 0.3) is 0 Å². The van der Waals surface area contributed by atoms with Gasteiger partial charge in [0, 0.05) is 10.5 Å². The molecule has 1 aliphatic carbocycles. The number of thiocarbonyl (C=S) groups is 1. The van der Waals surface area contributed by atoms with Gasteiger partial charge in [-0.2, -0.15) is 0 Å². The summed E-state index contributed by atoms with van der Waals surface area (Å²) in [7, 11) is 0. The Kier molecular flexibility index (Phi) is 5.31. The number of carbonyl (C=O) groups excluding carboxylic acids is 1. The topological polar surface area (TPSA) is 53.2 Å². The van der Waals surface area contributed by atoms with E-state index in [1.807, 2.05) is 0 Å². The van der Waals surface area contributed by atoms with E-state index in [1.54, 1.807) is 0 Å². The van der Waals surface area contributed by atoms with Crippen molar-refractivity contribution in [3.05, 3.63) is 34.1 Å². The van der Waals surface area contributed by atoms with Gasteiger partial charge in [0.2, 0.25) is 0 Å². The number of amides is 1. The van der Waals surface area contributed by atoms with E-state index in [1.165, 1.54) is 25.0 Å². The van der Waals surface area contributed by atoms with Gasteiger partial charge in [-0.25, -0.2) is 4.39 Å². The van der Waals surface area contributed by atoms with Crippen molar-refractivity contribution >= 4 is 39.2 Å². The molecular weight excluding hydrogens is 345 g/mol. The molecule has 1 fully saturated rings. The van der Waals surface area contributed by atoms with Crippen LogP contribution in [0.2, 0.25) is 0 Å². The third-order valence-electron chi connectivity index (χ3n) is 3.15. The Morgan fingerprint density at radius 3 is 2.70 bits per heavy atom. The van der Waals surface area contributed by atoms with E-state index in [2.05, 4.69) is 32.1 Å². The fourth-order valence-electron chi connectivity index (χ4n) is 2.14. The molecule has 4 nitrogen and oxygen atoms in total. The number of benzene rings is 1. The Labute approximate surface area is 130 Å². The first-order chi connectivity index (χ1) is 9.56. The van der Waals surface area contributed by atoms with E-state index in [9.17, 15) is 9.18 Å². The van der Waals surface area contributed by atoms with Crippen molar-refractivity contribution in [1.29, 1.82) is 0 Å². The minimum absolute atomic E-state index is 0.209. The predicted molar refractivity (Wildman–Crippen MR) is 82.7 cm³/mol. The van der Waals surface area contributed by atoms with Gasteiger partial charge in [-0.15, -0.1) is 0 Å². The number of nitrogens with one attached hydrogen (secondary N) is 3. The predicted octanol–water partition coefficient (Wildman–Crippen LogP) is 2.64. The Morgan fingerprint density at radius 1 is 1.30 bits per heavy atom. The van der Waals surface area contributed by atoms with Gasteiger partial charge in [0.05, 0.1) is 5.56 Å². The second kappa shape index (κ2) is 6.99. The van der Waals surface area contributed by atoms with Crippen LogP contribution in [-0.4, -0.2) is 17.1 Å². The van der Waals surface area contributed by atoms with Gasteiger partial charge in [0.25, 0.3) is 5.91 Å². The number of rotatable bonds is 2. The molecular formula is C13H15BrFN3OS. The monoisotopic (exact) mass is 359 g/mol. The van der Waals surface area contributed by atoms with Crippen LogP contribution in [0, 0.1) is 5.82 Å². The maximum Gasteiger partial charge on any atom is 0.270 e. The van der Waals surface area contributed by atoms with E-state index in [0.29, 0.717) is 15.6 Å². The highest BCUT2D eigenvalue weighted by Gasteiger charge is 2.16. The Hall–Kier alpha value is -1.21. The van der Waals surface area contributed by atoms with Crippen LogP contribution >= 0.6 is 28.1 Å². The summed E-state index contributed by atoms with van der Waals surface area (Å²) in [4.78, 5) is 11.9. The quantitative estimate of drug-likeness (QED) is 0.561. The fourth-order valence-corrected chi connectivity index (χ4v) is 2.79. The van der Waals surface area contributed by atoms with Crippen LogP contribution in [0.1, 0.15) is 36.0 Å². The summed E-state index contributed by atoms with van der Waals surface area (Å²) in [5.41, 5.74) is 5.29. The maximum atomic E-state index is 13.1. The summed E-state index contributed by atoms with van der Waals surface area (Å²) in [5, 5.41) is 3.50. The summed E-state index contributed by atoms with van der Waals surface area (Å²) in [5.74, 6) is -0.919. The second-order valence-electron chi connectivity index (χ2n) is 4.66. The highest BCUT2D eigenvalue weighted by atomic mass is 79.9. The van der Waals surface area contributed by atoms with Crippen LogP contribution < -0.4 is 16.2 Å². The summed E-state index contributed by atoms with van der Waals surface area (Å²) in [6.45, 7) is 0. The van der Waals surface area contributed by atoms with Crippen molar-refractivity contribution < 1.29 is 9.18 Å². The van der Waals surface area contributed by atoms with Crippen molar-refractivity contribution in [1.82, 2.24) is 16.2 Å². The lowest BCUT2D eigenvalue weighted by molar-refractivity contribution is 0.0942.